The first-order valence-corrected chi connectivity index (χ1v) is 11.6. The third-order valence-corrected chi connectivity index (χ3v) is 5.90. The Kier molecular flexibility index (Phi) is 11.6. The van der Waals surface area contributed by atoms with Gasteiger partial charge in [-0.05, 0) is 67.6 Å². The Balaban J connectivity index is 0.00000363. The van der Waals surface area contributed by atoms with Crippen molar-refractivity contribution in [2.75, 3.05) is 19.5 Å². The molecule has 0 fully saturated rings. The summed E-state index contributed by atoms with van der Waals surface area (Å²) in [6.07, 6.45) is 1.59. The van der Waals surface area contributed by atoms with Crippen LogP contribution in [0.3, 0.4) is 0 Å². The standard InChI is InChI=1S/C25H29NO4S.K.H/c1-4-29-24(25(27)28)17-19-6-10-21(11-7-19)30-16-15-26-18(2)5-14-23(26)20-8-12-22(31-3)13-9-20;;/h5-14,24H,4,15-17H2,1-3H3,(H,27,28);;/t24-;;/m0../s1. The van der Waals surface area contributed by atoms with Crippen molar-refractivity contribution < 1.29 is 19.4 Å². The average Bonchev–Trinajstić information content (AvgIpc) is 3.15. The quantitative estimate of drug-likeness (QED) is 0.320. The first-order chi connectivity index (χ1) is 15.0. The monoisotopic (exact) mass is 479 g/mol. The van der Waals surface area contributed by atoms with Gasteiger partial charge in [-0.15, -0.1) is 11.8 Å². The Morgan fingerprint density at radius 3 is 2.34 bits per heavy atom. The number of nitrogens with zero attached hydrogens (tertiary/aromatic N) is 1. The van der Waals surface area contributed by atoms with E-state index in [1.807, 2.05) is 24.3 Å². The van der Waals surface area contributed by atoms with Crippen LogP contribution >= 0.6 is 11.8 Å². The average molecular weight is 480 g/mol. The van der Waals surface area contributed by atoms with E-state index in [2.05, 4.69) is 54.1 Å². The zero-order chi connectivity index (χ0) is 22.2. The van der Waals surface area contributed by atoms with Gasteiger partial charge in [-0.2, -0.15) is 0 Å². The molecule has 0 aliphatic heterocycles. The van der Waals surface area contributed by atoms with E-state index in [9.17, 15) is 9.90 Å². The van der Waals surface area contributed by atoms with E-state index in [-0.39, 0.29) is 51.4 Å². The number of carboxylic acid groups (broad SMARTS) is 1. The molecule has 0 aliphatic rings. The van der Waals surface area contributed by atoms with Crippen molar-refractivity contribution in [1.82, 2.24) is 4.57 Å². The van der Waals surface area contributed by atoms with Gasteiger partial charge in [0, 0.05) is 29.3 Å². The number of rotatable bonds is 11. The first kappa shape index (κ1) is 27.2. The normalized spacial score (nSPS) is 11.6. The number of hydrogen-bond donors (Lipinski definition) is 1. The number of carbonyl (C=O) groups is 1. The molecule has 2 aromatic carbocycles. The van der Waals surface area contributed by atoms with Crippen LogP contribution < -0.4 is 4.74 Å². The van der Waals surface area contributed by atoms with E-state index in [0.29, 0.717) is 19.6 Å². The molecule has 1 atom stereocenters. The maximum absolute atomic E-state index is 11.3. The van der Waals surface area contributed by atoms with Gasteiger partial charge >= 0.3 is 57.4 Å². The molecule has 0 saturated heterocycles. The maximum atomic E-state index is 11.3. The third kappa shape index (κ3) is 7.48. The molecule has 0 unspecified atom stereocenters. The van der Waals surface area contributed by atoms with Gasteiger partial charge in [0.25, 0.3) is 0 Å². The van der Waals surface area contributed by atoms with Crippen LogP contribution in [0.5, 0.6) is 5.75 Å². The third-order valence-electron chi connectivity index (χ3n) is 5.16. The summed E-state index contributed by atoms with van der Waals surface area (Å²) in [6.45, 7) is 5.56. The van der Waals surface area contributed by atoms with Gasteiger partial charge in [0.2, 0.25) is 0 Å². The van der Waals surface area contributed by atoms with E-state index in [1.54, 1.807) is 18.7 Å². The van der Waals surface area contributed by atoms with Crippen LogP contribution in [0.4, 0.5) is 0 Å². The molecule has 0 radical (unpaired) electrons. The second-order valence-corrected chi connectivity index (χ2v) is 8.10. The van der Waals surface area contributed by atoms with E-state index in [4.69, 9.17) is 9.47 Å². The Labute approximate surface area is 236 Å². The SMILES string of the molecule is CCO[C@@H](Cc1ccc(OCCn2c(C)ccc2-c2ccc(SC)cc2)cc1)C(=O)O.[KH]. The molecule has 0 amide bonds. The Hall–Kier alpha value is -1.06. The minimum atomic E-state index is -0.942. The van der Waals surface area contributed by atoms with E-state index in [1.165, 1.54) is 21.8 Å². The van der Waals surface area contributed by atoms with Gasteiger partial charge in [0.1, 0.15) is 12.4 Å². The number of benzene rings is 2. The molecule has 1 aromatic heterocycles. The molecular formula is C25H30KNO4S. The minimum absolute atomic E-state index is 0. The van der Waals surface area contributed by atoms with Crippen molar-refractivity contribution in [2.24, 2.45) is 0 Å². The predicted octanol–water partition coefficient (Wildman–Crippen LogP) is 4.65. The molecule has 32 heavy (non-hydrogen) atoms. The summed E-state index contributed by atoms with van der Waals surface area (Å²) in [5.74, 6) is -0.175. The van der Waals surface area contributed by atoms with Crippen molar-refractivity contribution in [3.63, 3.8) is 0 Å². The molecule has 3 aromatic rings. The zero-order valence-electron chi connectivity index (χ0n) is 18.2. The molecule has 166 valence electrons. The summed E-state index contributed by atoms with van der Waals surface area (Å²) in [4.78, 5) is 12.5. The summed E-state index contributed by atoms with van der Waals surface area (Å²) < 4.78 is 13.5. The summed E-state index contributed by atoms with van der Waals surface area (Å²) in [7, 11) is 0. The number of aromatic nitrogens is 1. The van der Waals surface area contributed by atoms with Gasteiger partial charge < -0.3 is 19.1 Å². The number of aryl methyl sites for hydroxylation is 1. The topological polar surface area (TPSA) is 60.7 Å². The van der Waals surface area contributed by atoms with Gasteiger partial charge in [0.15, 0.2) is 6.10 Å². The summed E-state index contributed by atoms with van der Waals surface area (Å²) >= 11 is 1.74. The van der Waals surface area contributed by atoms with E-state index < -0.39 is 12.1 Å². The summed E-state index contributed by atoms with van der Waals surface area (Å²) in [5.41, 5.74) is 4.47. The first-order valence-electron chi connectivity index (χ1n) is 10.4. The fraction of sp³-hybridized carbons (Fsp3) is 0.320. The van der Waals surface area contributed by atoms with Gasteiger partial charge in [-0.25, -0.2) is 4.79 Å². The molecule has 0 saturated carbocycles. The van der Waals surface area contributed by atoms with Gasteiger partial charge in [-0.1, -0.05) is 24.3 Å². The van der Waals surface area contributed by atoms with E-state index in [0.717, 1.165) is 17.9 Å². The van der Waals surface area contributed by atoms with Crippen LogP contribution in [0, 0.1) is 6.92 Å². The van der Waals surface area contributed by atoms with Gasteiger partial charge in [0.05, 0.1) is 6.54 Å². The van der Waals surface area contributed by atoms with Crippen LogP contribution in [0.15, 0.2) is 65.6 Å². The molecule has 0 aliphatic carbocycles. The zero-order valence-corrected chi connectivity index (χ0v) is 19.0. The van der Waals surface area contributed by atoms with Crippen molar-refractivity contribution >= 4 is 69.1 Å². The molecule has 1 N–H and O–H groups in total. The Bertz CT molecular complexity index is 986. The molecule has 1 heterocycles. The summed E-state index contributed by atoms with van der Waals surface area (Å²) in [6, 6.07) is 20.4. The Morgan fingerprint density at radius 2 is 1.75 bits per heavy atom. The number of hydrogen-bond acceptors (Lipinski definition) is 4. The molecule has 0 spiro atoms. The second kappa shape index (κ2) is 13.6. The molecule has 5 nitrogen and oxygen atoms in total. The molecule has 0 bridgehead atoms. The number of ether oxygens (including phenoxy) is 2. The van der Waals surface area contributed by atoms with E-state index >= 15 is 0 Å². The molecule has 7 heteroatoms. The Morgan fingerprint density at radius 1 is 1.06 bits per heavy atom. The number of thioether (sulfide) groups is 1. The predicted molar refractivity (Wildman–Crippen MR) is 132 cm³/mol. The van der Waals surface area contributed by atoms with Crippen LogP contribution in [0.25, 0.3) is 11.3 Å². The van der Waals surface area contributed by atoms with Crippen molar-refractivity contribution in [1.29, 1.82) is 0 Å². The van der Waals surface area contributed by atoms with Crippen LogP contribution in [0.2, 0.25) is 0 Å². The number of aliphatic carboxylic acids is 1. The molecular weight excluding hydrogens is 449 g/mol. The fourth-order valence-electron chi connectivity index (χ4n) is 3.49. The van der Waals surface area contributed by atoms with Crippen LogP contribution in [0.1, 0.15) is 18.2 Å². The van der Waals surface area contributed by atoms with Crippen molar-refractivity contribution in [3.05, 3.63) is 71.9 Å². The summed E-state index contributed by atoms with van der Waals surface area (Å²) in [5, 5.41) is 9.23. The van der Waals surface area contributed by atoms with Crippen LogP contribution in [-0.2, 0) is 22.5 Å². The number of carboxylic acids is 1. The van der Waals surface area contributed by atoms with Crippen molar-refractivity contribution in [3.8, 4) is 17.0 Å². The fourth-order valence-corrected chi connectivity index (χ4v) is 3.90. The van der Waals surface area contributed by atoms with Gasteiger partial charge in [-0.3, -0.25) is 0 Å². The second-order valence-electron chi connectivity index (χ2n) is 7.22. The van der Waals surface area contributed by atoms with Crippen LogP contribution in [-0.4, -0.2) is 92.6 Å². The van der Waals surface area contributed by atoms with Crippen molar-refractivity contribution in [2.45, 2.75) is 37.8 Å². The molecule has 3 rings (SSSR count).